The molecule has 3 rings (SSSR count). The Morgan fingerprint density at radius 2 is 2.04 bits per heavy atom. The summed E-state index contributed by atoms with van der Waals surface area (Å²) in [5, 5.41) is 13.1. The number of nitrogens with one attached hydrogen (secondary N) is 1. The molecule has 140 valence electrons. The first-order chi connectivity index (χ1) is 13.0. The lowest BCUT2D eigenvalue weighted by Crippen LogP contribution is -2.26. The Balaban J connectivity index is 1.74. The Morgan fingerprint density at radius 3 is 2.78 bits per heavy atom. The Bertz CT molecular complexity index is 984. The van der Waals surface area contributed by atoms with Crippen LogP contribution in [0.5, 0.6) is 5.75 Å². The van der Waals surface area contributed by atoms with Crippen molar-refractivity contribution in [2.24, 2.45) is 0 Å². The van der Waals surface area contributed by atoms with E-state index < -0.39 is 12.1 Å². The molecule has 1 N–H and O–H groups in total. The van der Waals surface area contributed by atoms with Gasteiger partial charge in [0, 0.05) is 16.1 Å². The van der Waals surface area contributed by atoms with Crippen LogP contribution in [0.2, 0.25) is 5.02 Å². The molecule has 0 fully saturated rings. The predicted octanol–water partition coefficient (Wildman–Crippen LogP) is 5.12. The van der Waals surface area contributed by atoms with Crippen molar-refractivity contribution in [3.63, 3.8) is 0 Å². The number of halogens is 2. The van der Waals surface area contributed by atoms with Gasteiger partial charge in [0.1, 0.15) is 5.75 Å². The second-order valence-corrected chi connectivity index (χ2v) is 7.01. The summed E-state index contributed by atoms with van der Waals surface area (Å²) in [6.45, 7) is 3.72. The normalized spacial score (nSPS) is 11.9. The number of rotatable bonds is 6. The largest absolute Gasteiger partial charge is 0.478 e. The van der Waals surface area contributed by atoms with Crippen molar-refractivity contribution in [1.29, 1.82) is 0 Å². The zero-order valence-corrected chi connectivity index (χ0v) is 17.0. The lowest BCUT2D eigenvalue weighted by atomic mass is 10.2. The van der Waals surface area contributed by atoms with Gasteiger partial charge in [0.05, 0.1) is 16.6 Å². The molecule has 0 radical (unpaired) electrons. The highest BCUT2D eigenvalue weighted by Gasteiger charge is 2.17. The Labute approximate surface area is 170 Å². The highest BCUT2D eigenvalue weighted by Crippen LogP contribution is 2.30. The molecule has 0 aliphatic carbocycles. The van der Waals surface area contributed by atoms with Crippen molar-refractivity contribution >= 4 is 55.9 Å². The number of fused-ring (bicyclic) bond motifs is 1. The summed E-state index contributed by atoms with van der Waals surface area (Å²) < 4.78 is 11.3. The van der Waals surface area contributed by atoms with Crippen LogP contribution in [0.25, 0.3) is 10.9 Å². The van der Waals surface area contributed by atoms with Crippen LogP contribution in [-0.2, 0) is 9.53 Å². The molecule has 8 heteroatoms. The third kappa shape index (κ3) is 4.87. The quantitative estimate of drug-likeness (QED) is 0.526. The molecule has 3 aromatic rings. The van der Waals surface area contributed by atoms with Gasteiger partial charge in [-0.2, -0.15) is 0 Å². The molecule has 0 saturated heterocycles. The standard InChI is InChI=1S/C19H17BrClN3O3/c1-3-26-19(25)11(2)27-17-7-6-14(10-15(17)20)22-18-8-12-4-5-13(21)9-16(12)23-24-18/h4-11H,3H2,1-2H3,(H,22,24). The van der Waals surface area contributed by atoms with Gasteiger partial charge in [-0.3, -0.25) is 0 Å². The molecular formula is C19H17BrClN3O3. The van der Waals surface area contributed by atoms with E-state index in [1.165, 1.54) is 0 Å². The molecule has 1 unspecified atom stereocenters. The van der Waals surface area contributed by atoms with E-state index in [4.69, 9.17) is 21.1 Å². The van der Waals surface area contributed by atoms with Crippen LogP contribution in [0.15, 0.2) is 46.9 Å². The first kappa shape index (κ1) is 19.4. The fourth-order valence-electron chi connectivity index (χ4n) is 2.39. The van der Waals surface area contributed by atoms with Gasteiger partial charge in [-0.15, -0.1) is 10.2 Å². The van der Waals surface area contributed by atoms with E-state index in [2.05, 4.69) is 31.4 Å². The maximum atomic E-state index is 11.7. The molecule has 0 bridgehead atoms. The van der Waals surface area contributed by atoms with E-state index in [0.717, 1.165) is 16.6 Å². The summed E-state index contributed by atoms with van der Waals surface area (Å²) in [6.07, 6.45) is -0.696. The average molecular weight is 451 g/mol. The number of nitrogens with zero attached hydrogens (tertiary/aromatic N) is 2. The molecule has 0 spiro atoms. The molecule has 1 aromatic heterocycles. The smallest absolute Gasteiger partial charge is 0.347 e. The lowest BCUT2D eigenvalue weighted by Gasteiger charge is -2.15. The number of ether oxygens (including phenoxy) is 2. The van der Waals surface area contributed by atoms with Gasteiger partial charge in [-0.1, -0.05) is 17.7 Å². The summed E-state index contributed by atoms with van der Waals surface area (Å²) in [6, 6.07) is 12.8. The number of carbonyl (C=O) groups is 1. The second kappa shape index (κ2) is 8.54. The molecule has 0 saturated carbocycles. The first-order valence-corrected chi connectivity index (χ1v) is 9.46. The number of esters is 1. The topological polar surface area (TPSA) is 73.3 Å². The molecule has 0 aliphatic heterocycles. The second-order valence-electron chi connectivity index (χ2n) is 5.72. The SMILES string of the molecule is CCOC(=O)C(C)Oc1ccc(Nc2cc3ccc(Cl)cc3nn2)cc1Br. The third-order valence-electron chi connectivity index (χ3n) is 3.68. The van der Waals surface area contributed by atoms with Crippen molar-refractivity contribution in [2.45, 2.75) is 20.0 Å². The van der Waals surface area contributed by atoms with Crippen LogP contribution in [0.3, 0.4) is 0 Å². The van der Waals surface area contributed by atoms with E-state index in [-0.39, 0.29) is 0 Å². The minimum absolute atomic E-state index is 0.315. The van der Waals surface area contributed by atoms with E-state index in [0.29, 0.717) is 27.7 Å². The summed E-state index contributed by atoms with van der Waals surface area (Å²) in [5.74, 6) is 0.740. The van der Waals surface area contributed by atoms with Gasteiger partial charge in [0.15, 0.2) is 11.9 Å². The molecule has 0 amide bonds. The Morgan fingerprint density at radius 1 is 1.22 bits per heavy atom. The highest BCUT2D eigenvalue weighted by atomic mass is 79.9. The van der Waals surface area contributed by atoms with E-state index in [9.17, 15) is 4.79 Å². The lowest BCUT2D eigenvalue weighted by molar-refractivity contribution is -0.150. The first-order valence-electron chi connectivity index (χ1n) is 8.29. The fraction of sp³-hybridized carbons (Fsp3) is 0.211. The Hall–Kier alpha value is -2.38. The van der Waals surface area contributed by atoms with Crippen molar-refractivity contribution in [3.05, 3.63) is 52.0 Å². The average Bonchev–Trinajstić information content (AvgIpc) is 2.64. The monoisotopic (exact) mass is 449 g/mol. The molecule has 0 aliphatic rings. The van der Waals surface area contributed by atoms with E-state index >= 15 is 0 Å². The number of anilines is 2. The number of benzene rings is 2. The summed E-state index contributed by atoms with van der Waals surface area (Å²) in [4.78, 5) is 11.7. The molecule has 27 heavy (non-hydrogen) atoms. The maximum absolute atomic E-state index is 11.7. The maximum Gasteiger partial charge on any atom is 0.347 e. The fourth-order valence-corrected chi connectivity index (χ4v) is 3.03. The van der Waals surface area contributed by atoms with Crippen LogP contribution in [0.4, 0.5) is 11.5 Å². The van der Waals surface area contributed by atoms with Crippen molar-refractivity contribution in [2.75, 3.05) is 11.9 Å². The number of hydrogen-bond donors (Lipinski definition) is 1. The van der Waals surface area contributed by atoms with Gasteiger partial charge in [0.25, 0.3) is 0 Å². The highest BCUT2D eigenvalue weighted by molar-refractivity contribution is 9.10. The van der Waals surface area contributed by atoms with Crippen molar-refractivity contribution in [1.82, 2.24) is 10.2 Å². The van der Waals surface area contributed by atoms with Crippen molar-refractivity contribution < 1.29 is 14.3 Å². The van der Waals surface area contributed by atoms with Crippen LogP contribution >= 0.6 is 27.5 Å². The third-order valence-corrected chi connectivity index (χ3v) is 4.53. The molecular weight excluding hydrogens is 434 g/mol. The zero-order valence-electron chi connectivity index (χ0n) is 14.7. The van der Waals surface area contributed by atoms with Gasteiger partial charge < -0.3 is 14.8 Å². The summed E-state index contributed by atoms with van der Waals surface area (Å²) >= 11 is 9.42. The summed E-state index contributed by atoms with van der Waals surface area (Å²) in [5.41, 5.74) is 1.52. The van der Waals surface area contributed by atoms with Crippen LogP contribution < -0.4 is 10.1 Å². The van der Waals surface area contributed by atoms with Gasteiger partial charge in [0.2, 0.25) is 0 Å². The van der Waals surface area contributed by atoms with Gasteiger partial charge >= 0.3 is 5.97 Å². The number of hydrogen-bond acceptors (Lipinski definition) is 6. The molecule has 6 nitrogen and oxygen atoms in total. The molecule has 1 heterocycles. The van der Waals surface area contributed by atoms with E-state index in [1.807, 2.05) is 30.3 Å². The minimum Gasteiger partial charge on any atom is -0.478 e. The zero-order chi connectivity index (χ0) is 19.4. The van der Waals surface area contributed by atoms with Gasteiger partial charge in [-0.25, -0.2) is 4.79 Å². The number of carbonyl (C=O) groups excluding carboxylic acids is 1. The van der Waals surface area contributed by atoms with Crippen LogP contribution in [0.1, 0.15) is 13.8 Å². The minimum atomic E-state index is -0.696. The van der Waals surface area contributed by atoms with Gasteiger partial charge in [-0.05, 0) is 66.2 Å². The Kier molecular flexibility index (Phi) is 6.13. The molecule has 2 aromatic carbocycles. The van der Waals surface area contributed by atoms with Crippen molar-refractivity contribution in [3.8, 4) is 5.75 Å². The number of aromatic nitrogens is 2. The predicted molar refractivity (Wildman–Crippen MR) is 109 cm³/mol. The van der Waals surface area contributed by atoms with E-state index in [1.54, 1.807) is 26.0 Å². The summed E-state index contributed by atoms with van der Waals surface area (Å²) in [7, 11) is 0. The molecule has 1 atom stereocenters. The van der Waals surface area contributed by atoms with Crippen LogP contribution in [0, 0.1) is 0 Å². The van der Waals surface area contributed by atoms with Crippen LogP contribution in [-0.4, -0.2) is 28.9 Å².